The van der Waals surface area contributed by atoms with Crippen molar-refractivity contribution >= 4 is 23.1 Å². The molecule has 0 saturated heterocycles. The Morgan fingerprint density at radius 1 is 1.42 bits per heavy atom. The highest BCUT2D eigenvalue weighted by Crippen LogP contribution is 2.43. The number of hydrogen-bond donors (Lipinski definition) is 2. The number of nitrogens with one attached hydrogen (secondary N) is 1. The molecule has 2 heterocycles. The number of aromatic carboxylic acids is 1. The van der Waals surface area contributed by atoms with Gasteiger partial charge in [-0.15, -0.1) is 5.10 Å². The van der Waals surface area contributed by atoms with Crippen LogP contribution in [-0.4, -0.2) is 25.7 Å². The molecule has 0 radical (unpaired) electrons. The lowest BCUT2D eigenvalue weighted by molar-refractivity contribution is 0.0696. The summed E-state index contributed by atoms with van der Waals surface area (Å²) in [5, 5.41) is 13.6. The molecule has 4 rings (SSSR count). The lowest BCUT2D eigenvalue weighted by Crippen LogP contribution is -2.14. The van der Waals surface area contributed by atoms with Gasteiger partial charge < -0.3 is 10.1 Å². The maximum absolute atomic E-state index is 13.6. The molecule has 0 spiro atoms. The molecule has 8 heteroatoms. The number of halogens is 2. The second kappa shape index (κ2) is 5.17. The monoisotopic (exact) mass is 347 g/mol. The zero-order chi connectivity index (χ0) is 17.0. The van der Waals surface area contributed by atoms with Crippen LogP contribution in [-0.2, 0) is 0 Å². The van der Waals surface area contributed by atoms with Gasteiger partial charge in [0.05, 0.1) is 10.6 Å². The Morgan fingerprint density at radius 2 is 2.17 bits per heavy atom. The number of rotatable bonds is 3. The lowest BCUT2D eigenvalue weighted by Gasteiger charge is -2.04. The van der Waals surface area contributed by atoms with E-state index in [0.29, 0.717) is 11.1 Å². The van der Waals surface area contributed by atoms with Crippen LogP contribution in [0, 0.1) is 5.82 Å². The van der Waals surface area contributed by atoms with E-state index in [-0.39, 0.29) is 27.8 Å². The van der Waals surface area contributed by atoms with E-state index in [0.717, 1.165) is 18.9 Å². The van der Waals surface area contributed by atoms with Crippen molar-refractivity contribution in [2.24, 2.45) is 0 Å². The van der Waals surface area contributed by atoms with Gasteiger partial charge in [0.2, 0.25) is 0 Å². The number of carboxylic acid groups (broad SMARTS) is 1. The second-order valence-corrected chi connectivity index (χ2v) is 6.17. The number of aromatic nitrogens is 3. The van der Waals surface area contributed by atoms with Gasteiger partial charge in [0.15, 0.2) is 5.82 Å². The zero-order valence-electron chi connectivity index (χ0n) is 12.2. The summed E-state index contributed by atoms with van der Waals surface area (Å²) >= 11 is 5.66. The highest BCUT2D eigenvalue weighted by Gasteiger charge is 2.33. The molecule has 0 aliphatic heterocycles. The molecule has 0 bridgehead atoms. The average molecular weight is 348 g/mol. The van der Waals surface area contributed by atoms with E-state index < -0.39 is 17.3 Å². The minimum absolute atomic E-state index is 0.0349. The van der Waals surface area contributed by atoms with Gasteiger partial charge in [-0.3, -0.25) is 4.79 Å². The van der Waals surface area contributed by atoms with Crippen molar-refractivity contribution in [1.29, 1.82) is 0 Å². The van der Waals surface area contributed by atoms with Crippen LogP contribution >= 0.6 is 11.6 Å². The molecule has 122 valence electrons. The minimum atomic E-state index is -1.10. The van der Waals surface area contributed by atoms with Crippen LogP contribution in [0.4, 0.5) is 4.39 Å². The van der Waals surface area contributed by atoms with Crippen LogP contribution in [0.5, 0.6) is 0 Å². The van der Waals surface area contributed by atoms with Gasteiger partial charge in [0.25, 0.3) is 5.56 Å². The molecule has 2 aromatic heterocycles. The molecule has 1 saturated carbocycles. The lowest BCUT2D eigenvalue weighted by atomic mass is 10.1. The summed E-state index contributed by atoms with van der Waals surface area (Å²) < 4.78 is 14.9. The van der Waals surface area contributed by atoms with Gasteiger partial charge in [-0.1, -0.05) is 11.6 Å². The molecular weight excluding hydrogens is 337 g/mol. The highest BCUT2D eigenvalue weighted by atomic mass is 35.5. The number of hydrogen-bond acceptors (Lipinski definition) is 3. The van der Waals surface area contributed by atoms with Crippen LogP contribution in [0.25, 0.3) is 16.9 Å². The summed E-state index contributed by atoms with van der Waals surface area (Å²) in [4.78, 5) is 26.5. The number of benzene rings is 1. The molecule has 24 heavy (non-hydrogen) atoms. The minimum Gasteiger partial charge on any atom is -0.478 e. The Morgan fingerprint density at radius 3 is 2.79 bits per heavy atom. The molecule has 1 fully saturated rings. The molecule has 0 amide bonds. The largest absolute Gasteiger partial charge is 0.478 e. The van der Waals surface area contributed by atoms with E-state index in [1.54, 1.807) is 0 Å². The molecular formula is C16H11ClFN3O3. The maximum Gasteiger partial charge on any atom is 0.337 e. The molecule has 6 nitrogen and oxygen atoms in total. The standard InChI is InChI=1S/C16H11ClFN3O3/c17-10-4-3-8(5-11(10)18)14-19-15(22)13-12(7-1-2-7)9(16(23)24)6-21(13)20-14/h3-7H,1-2H2,(H,23,24)(H,19,20,22). The predicted octanol–water partition coefficient (Wildman–Crippen LogP) is 3.06. The number of H-pyrrole nitrogens is 1. The molecule has 3 aromatic rings. The Kier molecular flexibility index (Phi) is 3.21. The third-order valence-corrected chi connectivity index (χ3v) is 4.40. The van der Waals surface area contributed by atoms with Gasteiger partial charge in [0, 0.05) is 17.3 Å². The molecule has 2 N–H and O–H groups in total. The van der Waals surface area contributed by atoms with Crippen LogP contribution in [0.2, 0.25) is 5.02 Å². The summed E-state index contributed by atoms with van der Waals surface area (Å²) in [6.07, 6.45) is 3.03. The smallest absolute Gasteiger partial charge is 0.337 e. The molecule has 1 aliphatic rings. The SMILES string of the molecule is O=C(O)c1cn2nc(-c3ccc(Cl)c(F)c3)[nH]c(=O)c2c1C1CC1. The summed E-state index contributed by atoms with van der Waals surface area (Å²) in [7, 11) is 0. The molecule has 1 aromatic carbocycles. The fourth-order valence-electron chi connectivity index (χ4n) is 2.84. The van der Waals surface area contributed by atoms with Crippen molar-refractivity contribution in [2.75, 3.05) is 0 Å². The van der Waals surface area contributed by atoms with Crippen LogP contribution in [0.3, 0.4) is 0 Å². The second-order valence-electron chi connectivity index (χ2n) is 5.76. The summed E-state index contributed by atoms with van der Waals surface area (Å²) in [5.74, 6) is -1.52. The molecule has 0 unspecified atom stereocenters. The summed E-state index contributed by atoms with van der Waals surface area (Å²) in [6, 6.07) is 4.05. The van der Waals surface area contributed by atoms with Crippen molar-refractivity contribution in [2.45, 2.75) is 18.8 Å². The maximum atomic E-state index is 13.6. The van der Waals surface area contributed by atoms with Gasteiger partial charge in [0.1, 0.15) is 11.3 Å². The van der Waals surface area contributed by atoms with Crippen molar-refractivity contribution < 1.29 is 14.3 Å². The van der Waals surface area contributed by atoms with Crippen LogP contribution in [0.1, 0.15) is 34.7 Å². The average Bonchev–Trinajstić information content (AvgIpc) is 3.29. The van der Waals surface area contributed by atoms with Crippen LogP contribution in [0.15, 0.2) is 29.2 Å². The third kappa shape index (κ3) is 2.28. The first-order valence-electron chi connectivity index (χ1n) is 7.30. The fourth-order valence-corrected chi connectivity index (χ4v) is 2.96. The predicted molar refractivity (Wildman–Crippen MR) is 85.2 cm³/mol. The Balaban J connectivity index is 1.96. The number of fused-ring (bicyclic) bond motifs is 1. The quantitative estimate of drug-likeness (QED) is 0.762. The normalized spacial score (nSPS) is 14.2. The zero-order valence-corrected chi connectivity index (χ0v) is 13.0. The van der Waals surface area contributed by atoms with Gasteiger partial charge in [-0.2, -0.15) is 0 Å². The number of nitrogens with zero attached hydrogens (tertiary/aromatic N) is 2. The Bertz CT molecular complexity index is 1050. The first-order chi connectivity index (χ1) is 11.5. The van der Waals surface area contributed by atoms with E-state index >= 15 is 0 Å². The number of carboxylic acids is 1. The molecule has 0 atom stereocenters. The van der Waals surface area contributed by atoms with Crippen molar-refractivity contribution in [3.8, 4) is 11.4 Å². The summed E-state index contributed by atoms with van der Waals surface area (Å²) in [5.41, 5.74) is 0.715. The fraction of sp³-hybridized carbons (Fsp3) is 0.188. The van der Waals surface area contributed by atoms with E-state index in [2.05, 4.69) is 10.1 Å². The van der Waals surface area contributed by atoms with Crippen molar-refractivity contribution in [3.63, 3.8) is 0 Å². The van der Waals surface area contributed by atoms with E-state index in [1.165, 1.54) is 22.8 Å². The van der Waals surface area contributed by atoms with E-state index in [4.69, 9.17) is 11.6 Å². The van der Waals surface area contributed by atoms with Gasteiger partial charge in [-0.25, -0.2) is 13.7 Å². The highest BCUT2D eigenvalue weighted by molar-refractivity contribution is 6.30. The third-order valence-electron chi connectivity index (χ3n) is 4.09. The number of aromatic amines is 1. The van der Waals surface area contributed by atoms with Crippen molar-refractivity contribution in [3.05, 3.63) is 56.7 Å². The van der Waals surface area contributed by atoms with Gasteiger partial charge in [-0.05, 0) is 37.0 Å². The van der Waals surface area contributed by atoms with Crippen molar-refractivity contribution in [1.82, 2.24) is 14.6 Å². The van der Waals surface area contributed by atoms with E-state index in [1.807, 2.05) is 0 Å². The Hall–Kier alpha value is -2.67. The first-order valence-corrected chi connectivity index (χ1v) is 7.68. The topological polar surface area (TPSA) is 87.5 Å². The first kappa shape index (κ1) is 14.9. The van der Waals surface area contributed by atoms with Gasteiger partial charge >= 0.3 is 5.97 Å². The number of carbonyl (C=O) groups is 1. The summed E-state index contributed by atoms with van der Waals surface area (Å²) in [6.45, 7) is 0. The Labute approximate surface area is 139 Å². The van der Waals surface area contributed by atoms with E-state index in [9.17, 15) is 19.1 Å². The van der Waals surface area contributed by atoms with Crippen LogP contribution < -0.4 is 5.56 Å². The molecule has 1 aliphatic carbocycles.